The van der Waals surface area contributed by atoms with Gasteiger partial charge in [0.1, 0.15) is 0 Å². The molecule has 110 valence electrons. The maximum atomic E-state index is 11.9. The first kappa shape index (κ1) is 15.6. The number of rotatable bonds is 3. The number of nitrogens with one attached hydrogen (secondary N) is 2. The number of anilines is 2. The first-order valence-corrected chi connectivity index (χ1v) is 7.10. The summed E-state index contributed by atoms with van der Waals surface area (Å²) in [5, 5.41) is 6.26. The molecule has 2 amide bonds. The summed E-state index contributed by atoms with van der Waals surface area (Å²) in [4.78, 5) is 11.9. The van der Waals surface area contributed by atoms with Crippen LogP contribution >= 0.6 is 23.2 Å². The van der Waals surface area contributed by atoms with Crippen molar-refractivity contribution in [3.05, 3.63) is 58.1 Å². The van der Waals surface area contributed by atoms with Gasteiger partial charge in [-0.3, -0.25) is 0 Å². The van der Waals surface area contributed by atoms with Gasteiger partial charge >= 0.3 is 6.03 Å². The lowest BCUT2D eigenvalue weighted by molar-refractivity contribution is 0.262. The van der Waals surface area contributed by atoms with Crippen LogP contribution < -0.4 is 16.4 Å². The number of carbonyl (C=O) groups is 1. The Kier molecular flexibility index (Phi) is 5.07. The number of hydrogen-bond acceptors (Lipinski definition) is 2. The van der Waals surface area contributed by atoms with Crippen LogP contribution in [0.4, 0.5) is 16.2 Å². The van der Waals surface area contributed by atoms with Crippen molar-refractivity contribution in [2.75, 3.05) is 10.6 Å². The van der Waals surface area contributed by atoms with Gasteiger partial charge in [0, 0.05) is 16.8 Å². The van der Waals surface area contributed by atoms with E-state index >= 15 is 0 Å². The molecule has 0 fully saturated rings. The Bertz CT molecular complexity index is 642. The van der Waals surface area contributed by atoms with Crippen molar-refractivity contribution >= 4 is 40.6 Å². The Hall–Kier alpha value is -1.75. The second-order valence-corrected chi connectivity index (χ2v) is 5.46. The summed E-state index contributed by atoms with van der Waals surface area (Å²) < 4.78 is 0. The molecule has 0 radical (unpaired) electrons. The van der Waals surface area contributed by atoms with Gasteiger partial charge < -0.3 is 16.4 Å². The van der Waals surface area contributed by atoms with Crippen LogP contribution in [0.1, 0.15) is 18.5 Å². The summed E-state index contributed by atoms with van der Waals surface area (Å²) in [7, 11) is 0. The topological polar surface area (TPSA) is 67.1 Å². The number of halogens is 2. The normalized spacial score (nSPS) is 11.8. The zero-order valence-corrected chi connectivity index (χ0v) is 12.9. The van der Waals surface area contributed by atoms with Crippen LogP contribution in [0.3, 0.4) is 0 Å². The average molecular weight is 324 g/mol. The number of amides is 2. The van der Waals surface area contributed by atoms with Crippen LogP contribution in [0.5, 0.6) is 0 Å². The fourth-order valence-electron chi connectivity index (χ4n) is 1.75. The molecule has 0 aliphatic carbocycles. The SMILES string of the molecule is CC(N)c1ccc(NC(=O)Nc2ccc(Cl)cc2Cl)cc1. The van der Waals surface area contributed by atoms with Crippen LogP contribution in [0, 0.1) is 0 Å². The molecular weight excluding hydrogens is 309 g/mol. The van der Waals surface area contributed by atoms with Crippen molar-refractivity contribution < 1.29 is 4.79 Å². The first-order chi connectivity index (χ1) is 9.95. The van der Waals surface area contributed by atoms with E-state index in [0.717, 1.165) is 5.56 Å². The minimum absolute atomic E-state index is 0.0410. The molecule has 0 spiro atoms. The van der Waals surface area contributed by atoms with E-state index in [0.29, 0.717) is 21.4 Å². The molecule has 21 heavy (non-hydrogen) atoms. The molecule has 2 aromatic carbocycles. The maximum absolute atomic E-state index is 11.9. The first-order valence-electron chi connectivity index (χ1n) is 6.34. The van der Waals surface area contributed by atoms with Crippen LogP contribution in [-0.4, -0.2) is 6.03 Å². The zero-order chi connectivity index (χ0) is 15.4. The van der Waals surface area contributed by atoms with E-state index < -0.39 is 0 Å². The summed E-state index contributed by atoms with van der Waals surface area (Å²) in [5.74, 6) is 0. The fourth-order valence-corrected chi connectivity index (χ4v) is 2.20. The van der Waals surface area contributed by atoms with Gasteiger partial charge in [0.05, 0.1) is 10.7 Å². The fraction of sp³-hybridized carbons (Fsp3) is 0.133. The van der Waals surface area contributed by atoms with E-state index in [1.807, 2.05) is 19.1 Å². The van der Waals surface area contributed by atoms with Crippen molar-refractivity contribution in [2.45, 2.75) is 13.0 Å². The molecule has 0 aromatic heterocycles. The number of carbonyl (C=O) groups excluding carboxylic acids is 1. The molecular formula is C15H15Cl2N3O. The third kappa shape index (κ3) is 4.36. The molecule has 0 aliphatic rings. The van der Waals surface area contributed by atoms with Crippen LogP contribution in [0.15, 0.2) is 42.5 Å². The monoisotopic (exact) mass is 323 g/mol. The Labute approximate surface area is 133 Å². The van der Waals surface area contributed by atoms with Gasteiger partial charge in [0.2, 0.25) is 0 Å². The lowest BCUT2D eigenvalue weighted by Gasteiger charge is -2.10. The zero-order valence-electron chi connectivity index (χ0n) is 11.4. The quantitative estimate of drug-likeness (QED) is 0.769. The van der Waals surface area contributed by atoms with Crippen molar-refractivity contribution in [1.29, 1.82) is 0 Å². The van der Waals surface area contributed by atoms with E-state index in [-0.39, 0.29) is 12.1 Å². The van der Waals surface area contributed by atoms with Crippen molar-refractivity contribution in [3.63, 3.8) is 0 Å². The standard InChI is InChI=1S/C15H15Cl2N3O/c1-9(18)10-2-5-12(6-3-10)19-15(21)20-14-7-4-11(16)8-13(14)17/h2-9H,18H2,1H3,(H2,19,20,21). The summed E-state index contributed by atoms with van der Waals surface area (Å²) in [5.41, 5.74) is 7.93. The third-order valence-electron chi connectivity index (χ3n) is 2.87. The van der Waals surface area contributed by atoms with Crippen LogP contribution in [0.2, 0.25) is 10.0 Å². The highest BCUT2D eigenvalue weighted by Crippen LogP contribution is 2.25. The predicted octanol–water partition coefficient (Wildman–Crippen LogP) is 4.66. The molecule has 0 heterocycles. The molecule has 0 bridgehead atoms. The Morgan fingerprint density at radius 3 is 2.33 bits per heavy atom. The summed E-state index contributed by atoms with van der Waals surface area (Å²) in [6, 6.07) is 11.8. The molecule has 1 unspecified atom stereocenters. The summed E-state index contributed by atoms with van der Waals surface area (Å²) in [6.45, 7) is 1.90. The van der Waals surface area contributed by atoms with E-state index in [1.165, 1.54) is 0 Å². The van der Waals surface area contributed by atoms with E-state index in [1.54, 1.807) is 30.3 Å². The largest absolute Gasteiger partial charge is 0.324 e. The summed E-state index contributed by atoms with van der Waals surface area (Å²) >= 11 is 11.8. The molecule has 0 saturated carbocycles. The van der Waals surface area contributed by atoms with E-state index in [9.17, 15) is 4.79 Å². The number of nitrogens with two attached hydrogens (primary N) is 1. The molecule has 6 heteroatoms. The van der Waals surface area contributed by atoms with Gasteiger partial charge in [-0.2, -0.15) is 0 Å². The van der Waals surface area contributed by atoms with Gasteiger partial charge in [-0.15, -0.1) is 0 Å². The second-order valence-electron chi connectivity index (χ2n) is 4.61. The minimum Gasteiger partial charge on any atom is -0.324 e. The molecule has 2 aromatic rings. The predicted molar refractivity (Wildman–Crippen MR) is 88.1 cm³/mol. The van der Waals surface area contributed by atoms with Gasteiger partial charge in [0.15, 0.2) is 0 Å². The third-order valence-corrected chi connectivity index (χ3v) is 3.42. The van der Waals surface area contributed by atoms with Gasteiger partial charge in [0.25, 0.3) is 0 Å². The van der Waals surface area contributed by atoms with Crippen molar-refractivity contribution in [2.24, 2.45) is 5.73 Å². The van der Waals surface area contributed by atoms with Crippen molar-refractivity contribution in [3.8, 4) is 0 Å². The Balaban J connectivity index is 2.01. The Morgan fingerprint density at radius 1 is 1.10 bits per heavy atom. The van der Waals surface area contributed by atoms with Crippen molar-refractivity contribution in [1.82, 2.24) is 0 Å². The lowest BCUT2D eigenvalue weighted by atomic mass is 10.1. The highest BCUT2D eigenvalue weighted by Gasteiger charge is 2.07. The molecule has 4 nitrogen and oxygen atoms in total. The molecule has 2 rings (SSSR count). The molecule has 0 saturated heterocycles. The highest BCUT2D eigenvalue weighted by molar-refractivity contribution is 6.36. The second kappa shape index (κ2) is 6.80. The van der Waals surface area contributed by atoms with Gasteiger partial charge in [-0.1, -0.05) is 35.3 Å². The Morgan fingerprint density at radius 2 is 1.76 bits per heavy atom. The van der Waals surface area contributed by atoms with E-state index in [4.69, 9.17) is 28.9 Å². The smallest absolute Gasteiger partial charge is 0.323 e. The number of benzene rings is 2. The molecule has 0 aliphatic heterocycles. The highest BCUT2D eigenvalue weighted by atomic mass is 35.5. The van der Waals surface area contributed by atoms with Crippen LogP contribution in [-0.2, 0) is 0 Å². The maximum Gasteiger partial charge on any atom is 0.323 e. The van der Waals surface area contributed by atoms with Gasteiger partial charge in [-0.05, 0) is 42.8 Å². The number of hydrogen-bond donors (Lipinski definition) is 3. The molecule has 4 N–H and O–H groups in total. The number of urea groups is 1. The lowest BCUT2D eigenvalue weighted by Crippen LogP contribution is -2.19. The van der Waals surface area contributed by atoms with Crippen LogP contribution in [0.25, 0.3) is 0 Å². The average Bonchev–Trinajstić information content (AvgIpc) is 2.42. The minimum atomic E-state index is -0.382. The molecule has 1 atom stereocenters. The summed E-state index contributed by atoms with van der Waals surface area (Å²) in [6.07, 6.45) is 0. The van der Waals surface area contributed by atoms with Gasteiger partial charge in [-0.25, -0.2) is 4.79 Å². The van der Waals surface area contributed by atoms with E-state index in [2.05, 4.69) is 10.6 Å².